The predicted molar refractivity (Wildman–Crippen MR) is 72.2 cm³/mol. The van der Waals surface area contributed by atoms with Crippen molar-refractivity contribution in [2.45, 2.75) is 0 Å². The molecule has 0 heterocycles. The number of aliphatic hydroxyl groups excluding tert-OH is 1. The summed E-state index contributed by atoms with van der Waals surface area (Å²) < 4.78 is 5.42. The van der Waals surface area contributed by atoms with Gasteiger partial charge in [-0.25, -0.2) is 0 Å². The van der Waals surface area contributed by atoms with Gasteiger partial charge in [0, 0.05) is 12.6 Å². The van der Waals surface area contributed by atoms with Gasteiger partial charge in [0.05, 0.1) is 39.9 Å². The van der Waals surface area contributed by atoms with Gasteiger partial charge in [0.25, 0.3) is 5.69 Å². The van der Waals surface area contributed by atoms with E-state index in [4.69, 9.17) is 21.4 Å². The van der Waals surface area contributed by atoms with Crippen molar-refractivity contribution in [3.8, 4) is 0 Å². The maximum absolute atomic E-state index is 10.7. The molecule has 0 spiro atoms. The van der Waals surface area contributed by atoms with Crippen molar-refractivity contribution < 1.29 is 14.8 Å². The molecule has 8 heteroatoms. The van der Waals surface area contributed by atoms with E-state index in [9.17, 15) is 10.1 Å². The fraction of sp³-hybridized carbons (Fsp3) is 0.400. The lowest BCUT2D eigenvalue weighted by Gasteiger charge is -2.09. The summed E-state index contributed by atoms with van der Waals surface area (Å²) in [6, 6.07) is 2.83. The Hall–Kier alpha value is -0.890. The molecular weight excluding hydrogens is 327 g/mol. The Morgan fingerprint density at radius 3 is 2.83 bits per heavy atom. The molecule has 0 saturated carbocycles. The van der Waals surface area contributed by atoms with Crippen LogP contribution in [0.25, 0.3) is 0 Å². The monoisotopic (exact) mass is 338 g/mol. The number of ether oxygens (including phenoxy) is 1. The molecule has 0 saturated heterocycles. The van der Waals surface area contributed by atoms with E-state index in [1.54, 1.807) is 6.07 Å². The van der Waals surface area contributed by atoms with Gasteiger partial charge >= 0.3 is 0 Å². The van der Waals surface area contributed by atoms with Gasteiger partial charge < -0.3 is 15.2 Å². The number of rotatable bonds is 7. The van der Waals surface area contributed by atoms with Crippen LogP contribution in [0.15, 0.2) is 16.6 Å². The van der Waals surface area contributed by atoms with E-state index in [2.05, 4.69) is 21.2 Å². The van der Waals surface area contributed by atoms with Gasteiger partial charge in [-0.15, -0.1) is 0 Å². The number of nitro benzene ring substituents is 1. The van der Waals surface area contributed by atoms with Crippen LogP contribution in [-0.4, -0.2) is 36.4 Å². The number of nitro groups is 1. The highest BCUT2D eigenvalue weighted by Gasteiger charge is 2.15. The summed E-state index contributed by atoms with van der Waals surface area (Å²) in [5.41, 5.74) is 0.504. The van der Waals surface area contributed by atoms with E-state index in [-0.39, 0.29) is 23.9 Å². The number of benzene rings is 1. The molecule has 2 N–H and O–H groups in total. The minimum absolute atomic E-state index is 0.0240. The van der Waals surface area contributed by atoms with Crippen LogP contribution in [0.5, 0.6) is 0 Å². The van der Waals surface area contributed by atoms with Crippen LogP contribution in [0.3, 0.4) is 0 Å². The smallest absolute Gasteiger partial charge is 0.285 e. The molecule has 0 radical (unpaired) electrons. The van der Waals surface area contributed by atoms with Gasteiger partial charge in [-0.05, 0) is 22.0 Å². The summed E-state index contributed by atoms with van der Waals surface area (Å²) in [7, 11) is 0. The quantitative estimate of drug-likeness (QED) is 0.453. The molecule has 1 aromatic carbocycles. The second-order valence-corrected chi connectivity index (χ2v) is 4.56. The Bertz CT molecular complexity index is 431. The van der Waals surface area contributed by atoms with Gasteiger partial charge in [0.2, 0.25) is 0 Å². The second kappa shape index (κ2) is 7.52. The van der Waals surface area contributed by atoms with Crippen LogP contribution in [0.1, 0.15) is 0 Å². The highest BCUT2D eigenvalue weighted by atomic mass is 79.9. The van der Waals surface area contributed by atoms with Crippen LogP contribution < -0.4 is 5.32 Å². The zero-order valence-electron chi connectivity index (χ0n) is 9.36. The fourth-order valence-corrected chi connectivity index (χ4v) is 1.95. The maximum atomic E-state index is 10.7. The Balaban J connectivity index is 2.62. The van der Waals surface area contributed by atoms with Gasteiger partial charge in [0.15, 0.2) is 0 Å². The topological polar surface area (TPSA) is 84.6 Å². The Morgan fingerprint density at radius 2 is 2.22 bits per heavy atom. The molecule has 0 aliphatic rings. The lowest BCUT2D eigenvalue weighted by Crippen LogP contribution is -2.11. The summed E-state index contributed by atoms with van der Waals surface area (Å²) >= 11 is 9.03. The van der Waals surface area contributed by atoms with Crippen molar-refractivity contribution in [1.29, 1.82) is 0 Å². The second-order valence-electron chi connectivity index (χ2n) is 3.30. The van der Waals surface area contributed by atoms with Crippen molar-refractivity contribution in [1.82, 2.24) is 0 Å². The molecule has 0 aromatic heterocycles. The molecule has 0 fully saturated rings. The lowest BCUT2D eigenvalue weighted by atomic mass is 10.3. The molecule has 18 heavy (non-hydrogen) atoms. The first-order valence-corrected chi connectivity index (χ1v) is 6.29. The van der Waals surface area contributed by atoms with Gasteiger partial charge in [0.1, 0.15) is 0 Å². The van der Waals surface area contributed by atoms with Crippen molar-refractivity contribution in [3.05, 3.63) is 31.7 Å². The first kappa shape index (κ1) is 15.2. The average Bonchev–Trinajstić information content (AvgIpc) is 2.32. The van der Waals surface area contributed by atoms with Crippen LogP contribution in [0, 0.1) is 10.1 Å². The number of hydrogen-bond acceptors (Lipinski definition) is 5. The van der Waals surface area contributed by atoms with E-state index in [0.717, 1.165) is 0 Å². The van der Waals surface area contributed by atoms with Crippen LogP contribution in [0.2, 0.25) is 5.02 Å². The molecule has 0 unspecified atom stereocenters. The third-order valence-corrected chi connectivity index (χ3v) is 2.98. The molecule has 0 atom stereocenters. The van der Waals surface area contributed by atoms with E-state index in [0.29, 0.717) is 23.3 Å². The molecule has 0 bridgehead atoms. The lowest BCUT2D eigenvalue weighted by molar-refractivity contribution is -0.385. The standard InChI is InChI=1S/C10H12BrClN2O4/c11-7-5-9(13-1-3-18-4-2-15)8(12)6-10(7)14(16)17/h5-6,13,15H,1-4H2. The summed E-state index contributed by atoms with van der Waals surface area (Å²) in [5.74, 6) is 0. The van der Waals surface area contributed by atoms with E-state index in [1.165, 1.54) is 6.07 Å². The minimum atomic E-state index is -0.510. The molecule has 1 aromatic rings. The van der Waals surface area contributed by atoms with E-state index < -0.39 is 4.92 Å². The third-order valence-electron chi connectivity index (χ3n) is 2.03. The zero-order valence-corrected chi connectivity index (χ0v) is 11.7. The first-order chi connectivity index (χ1) is 8.56. The van der Waals surface area contributed by atoms with Gasteiger partial charge in [-0.1, -0.05) is 11.6 Å². The Labute approximate surface area is 117 Å². The molecular formula is C10H12BrClN2O4. The van der Waals surface area contributed by atoms with Crippen molar-refractivity contribution in [3.63, 3.8) is 0 Å². The summed E-state index contributed by atoms with van der Waals surface area (Å²) in [6.45, 7) is 1.15. The van der Waals surface area contributed by atoms with E-state index in [1.807, 2.05) is 0 Å². The van der Waals surface area contributed by atoms with Crippen molar-refractivity contribution in [2.75, 3.05) is 31.7 Å². The highest BCUT2D eigenvalue weighted by molar-refractivity contribution is 9.10. The number of halogens is 2. The number of aliphatic hydroxyl groups is 1. The number of anilines is 1. The largest absolute Gasteiger partial charge is 0.394 e. The van der Waals surface area contributed by atoms with E-state index >= 15 is 0 Å². The third kappa shape index (κ3) is 4.41. The molecule has 0 aliphatic carbocycles. The fourth-order valence-electron chi connectivity index (χ4n) is 1.24. The summed E-state index contributed by atoms with van der Waals surface area (Å²) in [6.07, 6.45) is 0. The molecule has 1 rings (SSSR count). The van der Waals surface area contributed by atoms with Crippen LogP contribution >= 0.6 is 27.5 Å². The van der Waals surface area contributed by atoms with Crippen LogP contribution in [0.4, 0.5) is 11.4 Å². The highest BCUT2D eigenvalue weighted by Crippen LogP contribution is 2.33. The Kier molecular flexibility index (Phi) is 6.34. The summed E-state index contributed by atoms with van der Waals surface area (Å²) in [4.78, 5) is 10.2. The predicted octanol–water partition coefficient (Wildman–Crippen LogP) is 2.43. The summed E-state index contributed by atoms with van der Waals surface area (Å²) in [5, 5.41) is 22.4. The molecule has 6 nitrogen and oxygen atoms in total. The zero-order chi connectivity index (χ0) is 13.5. The van der Waals surface area contributed by atoms with Crippen molar-refractivity contribution in [2.24, 2.45) is 0 Å². The number of nitrogens with zero attached hydrogens (tertiary/aromatic N) is 1. The first-order valence-electron chi connectivity index (χ1n) is 5.12. The van der Waals surface area contributed by atoms with Crippen LogP contribution in [-0.2, 0) is 4.74 Å². The maximum Gasteiger partial charge on any atom is 0.285 e. The van der Waals surface area contributed by atoms with Gasteiger partial charge in [-0.3, -0.25) is 10.1 Å². The normalized spacial score (nSPS) is 10.4. The van der Waals surface area contributed by atoms with Gasteiger partial charge in [-0.2, -0.15) is 0 Å². The molecule has 0 amide bonds. The average molecular weight is 340 g/mol. The molecule has 100 valence electrons. The number of hydrogen-bond donors (Lipinski definition) is 2. The minimum Gasteiger partial charge on any atom is -0.394 e. The SMILES string of the molecule is O=[N+]([O-])c1cc(Cl)c(NCCOCCO)cc1Br. The molecule has 0 aliphatic heterocycles. The Morgan fingerprint density at radius 1 is 1.50 bits per heavy atom. The van der Waals surface area contributed by atoms with Crippen molar-refractivity contribution >= 4 is 38.9 Å². The number of nitrogens with one attached hydrogen (secondary N) is 1.